The summed E-state index contributed by atoms with van der Waals surface area (Å²) in [5.41, 5.74) is 4.17. The van der Waals surface area contributed by atoms with Crippen molar-refractivity contribution in [2.24, 2.45) is 0 Å². The molecular formula is C34H36Cl2FN7O4. The normalized spacial score (nSPS) is 14.1. The van der Waals surface area contributed by atoms with Crippen LogP contribution in [0.25, 0.3) is 22.5 Å². The summed E-state index contributed by atoms with van der Waals surface area (Å²) in [5.74, 6) is 0.550. The van der Waals surface area contributed by atoms with E-state index in [1.807, 2.05) is 12.1 Å². The quantitative estimate of drug-likeness (QED) is 0.117. The number of hydrogen-bond donors (Lipinski definition) is 4. The number of pyridine rings is 3. The molecule has 0 bridgehead atoms. The van der Waals surface area contributed by atoms with Crippen molar-refractivity contribution in [3.63, 3.8) is 0 Å². The van der Waals surface area contributed by atoms with E-state index in [1.165, 1.54) is 13.3 Å². The molecule has 1 fully saturated rings. The number of halogens is 3. The Morgan fingerprint density at radius 3 is 2.60 bits per heavy atom. The molecular weight excluding hydrogens is 660 g/mol. The Hall–Kier alpha value is -4.36. The van der Waals surface area contributed by atoms with Gasteiger partial charge in [0.2, 0.25) is 11.8 Å². The minimum atomic E-state index is -0.478. The molecule has 48 heavy (non-hydrogen) atoms. The summed E-state index contributed by atoms with van der Waals surface area (Å²) in [7, 11) is 3.07. The van der Waals surface area contributed by atoms with Gasteiger partial charge in [-0.2, -0.15) is 0 Å². The minimum Gasteiger partial charge on any atom is -0.495 e. The average molecular weight is 697 g/mol. The van der Waals surface area contributed by atoms with Crippen LogP contribution in [-0.2, 0) is 17.9 Å². The second kappa shape index (κ2) is 16.6. The van der Waals surface area contributed by atoms with Gasteiger partial charge in [0.05, 0.1) is 54.2 Å². The first-order valence-corrected chi connectivity index (χ1v) is 16.2. The minimum absolute atomic E-state index is 0.0774. The summed E-state index contributed by atoms with van der Waals surface area (Å²) >= 11 is 13.8. The molecule has 0 saturated carbocycles. The lowest BCUT2D eigenvalue weighted by atomic mass is 10.1. The van der Waals surface area contributed by atoms with E-state index in [2.05, 4.69) is 31.2 Å². The Balaban J connectivity index is 1.33. The highest BCUT2D eigenvalue weighted by molar-refractivity contribution is 6.39. The fourth-order valence-electron chi connectivity index (χ4n) is 5.31. The molecule has 11 nitrogen and oxygen atoms in total. The molecule has 4 heterocycles. The van der Waals surface area contributed by atoms with Gasteiger partial charge in [0, 0.05) is 60.5 Å². The van der Waals surface area contributed by atoms with Crippen molar-refractivity contribution in [2.75, 3.05) is 39.3 Å². The molecule has 0 radical (unpaired) electrons. The van der Waals surface area contributed by atoms with Crippen molar-refractivity contribution in [2.45, 2.75) is 38.4 Å². The van der Waals surface area contributed by atoms with Gasteiger partial charge >= 0.3 is 0 Å². The van der Waals surface area contributed by atoms with Crippen LogP contribution in [0.15, 0.2) is 54.9 Å². The van der Waals surface area contributed by atoms with Crippen LogP contribution in [0.4, 0.5) is 10.1 Å². The largest absolute Gasteiger partial charge is 0.495 e. The number of nitrogens with one attached hydrogen (secondary N) is 4. The van der Waals surface area contributed by atoms with Crippen molar-refractivity contribution in [3.05, 3.63) is 81.7 Å². The maximum absolute atomic E-state index is 13.3. The van der Waals surface area contributed by atoms with Crippen LogP contribution in [0, 0.1) is 0 Å². The van der Waals surface area contributed by atoms with E-state index in [0.29, 0.717) is 89.4 Å². The zero-order valence-electron chi connectivity index (χ0n) is 26.5. The van der Waals surface area contributed by atoms with Crippen LogP contribution >= 0.6 is 23.2 Å². The van der Waals surface area contributed by atoms with Crippen LogP contribution in [-0.4, -0.2) is 66.8 Å². The topological polar surface area (TPSA) is 139 Å². The smallest absolute Gasteiger partial charge is 0.274 e. The van der Waals surface area contributed by atoms with E-state index in [0.717, 1.165) is 12.0 Å². The van der Waals surface area contributed by atoms with Crippen molar-refractivity contribution >= 4 is 40.7 Å². The molecule has 5 rings (SSSR count). The number of amides is 2. The number of benzene rings is 1. The van der Waals surface area contributed by atoms with Gasteiger partial charge in [-0.1, -0.05) is 41.4 Å². The molecule has 1 saturated heterocycles. The zero-order chi connectivity index (χ0) is 34.0. The number of hydrogen-bond acceptors (Lipinski definition) is 9. The Bertz CT molecular complexity index is 1780. The van der Waals surface area contributed by atoms with Gasteiger partial charge in [0.1, 0.15) is 11.4 Å². The van der Waals surface area contributed by atoms with E-state index < -0.39 is 12.6 Å². The number of nitrogens with zero attached hydrogens (tertiary/aromatic N) is 3. The van der Waals surface area contributed by atoms with E-state index in [4.69, 9.17) is 37.7 Å². The van der Waals surface area contributed by atoms with E-state index in [-0.39, 0.29) is 22.7 Å². The molecule has 1 aliphatic heterocycles. The van der Waals surface area contributed by atoms with Gasteiger partial charge in [0.25, 0.3) is 5.91 Å². The molecule has 14 heteroatoms. The predicted octanol–water partition coefficient (Wildman–Crippen LogP) is 5.60. The standard InChI is InChI=1S/C34H36Cl2FN7O4/c1-47-28-19-41-27(15-21(28)17-38-13-4-12-37)33(46)43-26-6-3-5-24(30(26)35)32-31(36)23(11-14-40-32)25-9-7-20(34(44-25)48-2)16-39-18-22-8-10-29(45)42-22/h3,5-7,9,11,14-15,19,22,38-39H,4,8,10,12-13,16-18H2,1-2H3,(H,42,45)(H,43,46). The van der Waals surface area contributed by atoms with E-state index in [9.17, 15) is 14.0 Å². The third-order valence-electron chi connectivity index (χ3n) is 7.79. The molecule has 1 aliphatic rings. The van der Waals surface area contributed by atoms with Gasteiger partial charge in [0.15, 0.2) is 0 Å². The highest BCUT2D eigenvalue weighted by Gasteiger charge is 2.22. The maximum Gasteiger partial charge on any atom is 0.274 e. The first-order valence-electron chi connectivity index (χ1n) is 15.4. The zero-order valence-corrected chi connectivity index (χ0v) is 28.1. The Morgan fingerprint density at radius 2 is 1.85 bits per heavy atom. The third-order valence-corrected chi connectivity index (χ3v) is 8.58. The van der Waals surface area contributed by atoms with Gasteiger partial charge < -0.3 is 30.7 Å². The number of carbonyl (C=O) groups is 2. The molecule has 0 spiro atoms. The molecule has 4 N–H and O–H groups in total. The van der Waals surface area contributed by atoms with Crippen molar-refractivity contribution in [1.82, 2.24) is 30.9 Å². The van der Waals surface area contributed by atoms with E-state index >= 15 is 0 Å². The van der Waals surface area contributed by atoms with E-state index in [1.54, 1.807) is 43.6 Å². The molecule has 252 valence electrons. The van der Waals surface area contributed by atoms with Crippen LogP contribution < -0.4 is 30.7 Å². The lowest BCUT2D eigenvalue weighted by Gasteiger charge is -2.15. The number of carbonyl (C=O) groups excluding carboxylic acids is 2. The highest BCUT2D eigenvalue weighted by atomic mass is 35.5. The fourth-order valence-corrected chi connectivity index (χ4v) is 5.89. The van der Waals surface area contributed by atoms with Gasteiger partial charge in [-0.15, -0.1) is 0 Å². The first-order chi connectivity index (χ1) is 23.3. The number of alkyl halides is 1. The second-order valence-corrected chi connectivity index (χ2v) is 11.8. The number of anilines is 1. The lowest BCUT2D eigenvalue weighted by Crippen LogP contribution is -2.35. The Morgan fingerprint density at radius 1 is 1.02 bits per heavy atom. The van der Waals surface area contributed by atoms with Gasteiger partial charge in [-0.25, -0.2) is 9.97 Å². The molecule has 2 amide bonds. The molecule has 0 aliphatic carbocycles. The van der Waals surface area contributed by atoms with Crippen LogP contribution in [0.5, 0.6) is 11.6 Å². The van der Waals surface area contributed by atoms with Crippen molar-refractivity contribution < 1.29 is 23.5 Å². The predicted molar refractivity (Wildman–Crippen MR) is 183 cm³/mol. The Kier molecular flexibility index (Phi) is 12.1. The monoisotopic (exact) mass is 695 g/mol. The number of ether oxygens (including phenoxy) is 2. The van der Waals surface area contributed by atoms with Crippen molar-refractivity contribution in [3.8, 4) is 34.1 Å². The van der Waals surface area contributed by atoms with Crippen LogP contribution in [0.2, 0.25) is 10.0 Å². The van der Waals surface area contributed by atoms with Crippen LogP contribution in [0.1, 0.15) is 40.9 Å². The summed E-state index contributed by atoms with van der Waals surface area (Å²) in [4.78, 5) is 38.2. The average Bonchev–Trinajstić information content (AvgIpc) is 3.52. The van der Waals surface area contributed by atoms with Gasteiger partial charge in [-0.3, -0.25) is 19.0 Å². The lowest BCUT2D eigenvalue weighted by molar-refractivity contribution is -0.119. The number of methoxy groups -OCH3 is 2. The summed E-state index contributed by atoms with van der Waals surface area (Å²) in [5, 5.41) is 12.8. The maximum atomic E-state index is 13.3. The summed E-state index contributed by atoms with van der Waals surface area (Å²) in [6, 6.07) is 12.4. The fraction of sp³-hybridized carbons (Fsp3) is 0.324. The first kappa shape index (κ1) is 35.0. The SMILES string of the molecule is COc1cnc(C(=O)Nc2cccc(-c3nccc(-c4ccc(CNCC5CCC(=O)N5)c(OC)n4)c3Cl)c2Cl)cc1CNCCCF. The third kappa shape index (κ3) is 8.37. The highest BCUT2D eigenvalue weighted by Crippen LogP contribution is 2.40. The molecule has 3 aromatic heterocycles. The summed E-state index contributed by atoms with van der Waals surface area (Å²) < 4.78 is 23.4. The number of aromatic nitrogens is 3. The summed E-state index contributed by atoms with van der Waals surface area (Å²) in [6.07, 6.45) is 4.83. The molecule has 1 aromatic carbocycles. The molecule has 1 atom stereocenters. The Labute approximate surface area is 288 Å². The summed E-state index contributed by atoms with van der Waals surface area (Å²) in [6.45, 7) is 1.61. The number of rotatable bonds is 15. The van der Waals surface area contributed by atoms with Crippen LogP contribution in [0.3, 0.4) is 0 Å². The molecule has 1 unspecified atom stereocenters. The van der Waals surface area contributed by atoms with Crippen molar-refractivity contribution in [1.29, 1.82) is 0 Å². The molecule has 4 aromatic rings. The second-order valence-electron chi connectivity index (χ2n) is 11.0. The van der Waals surface area contributed by atoms with Gasteiger partial charge in [-0.05, 0) is 43.7 Å².